The molecule has 0 spiro atoms. The molecule has 1 aromatic heterocycles. The molecule has 3 N–H and O–H groups in total. The molecule has 2 rings (SSSR count). The van der Waals surface area contributed by atoms with Gasteiger partial charge in [0.05, 0.1) is 6.04 Å². The van der Waals surface area contributed by atoms with Gasteiger partial charge in [0.15, 0.2) is 0 Å². The number of carbonyl (C=O) groups is 1. The molecule has 1 aromatic carbocycles. The second kappa shape index (κ2) is 7.96. The Hall–Kier alpha value is -2.26. The van der Waals surface area contributed by atoms with Gasteiger partial charge in [0, 0.05) is 5.69 Å². The van der Waals surface area contributed by atoms with Crippen LogP contribution >= 0.6 is 0 Å². The Labute approximate surface area is 153 Å². The largest absolute Gasteiger partial charge is 0.411 e. The van der Waals surface area contributed by atoms with Crippen LogP contribution in [0, 0.1) is 19.8 Å². The van der Waals surface area contributed by atoms with Gasteiger partial charge in [-0.2, -0.15) is 0 Å². The van der Waals surface area contributed by atoms with E-state index in [0.717, 1.165) is 17.5 Å². The van der Waals surface area contributed by atoms with Gasteiger partial charge in [0.25, 0.3) is 0 Å². The smallest absolute Gasteiger partial charge is 0.336 e. The van der Waals surface area contributed by atoms with E-state index in [1.165, 1.54) is 0 Å². The van der Waals surface area contributed by atoms with E-state index in [-0.39, 0.29) is 11.8 Å². The third-order valence-corrected chi connectivity index (χ3v) is 5.56. The van der Waals surface area contributed by atoms with Crippen LogP contribution in [0.15, 0.2) is 27.8 Å². The molecule has 26 heavy (non-hydrogen) atoms. The molecule has 0 saturated carbocycles. The summed E-state index contributed by atoms with van der Waals surface area (Å²) < 4.78 is 29.9. The third kappa shape index (κ3) is 4.67. The minimum Gasteiger partial charge on any atom is -0.411 e. The molecule has 142 valence electrons. The lowest BCUT2D eigenvalue weighted by molar-refractivity contribution is -0.113. The zero-order valence-electron chi connectivity index (χ0n) is 15.3. The molecule has 0 aliphatic rings. The number of nitrogens with two attached hydrogens (primary N) is 1. The first-order valence-electron chi connectivity index (χ1n) is 8.33. The fraction of sp³-hybridized carbons (Fsp3) is 0.471. The van der Waals surface area contributed by atoms with Crippen LogP contribution in [0.5, 0.6) is 0 Å². The van der Waals surface area contributed by atoms with Crippen molar-refractivity contribution in [2.45, 2.75) is 45.4 Å². The zero-order chi connectivity index (χ0) is 19.5. The highest BCUT2D eigenvalue weighted by Crippen LogP contribution is 2.22. The molecule has 0 bridgehead atoms. The second-order valence-electron chi connectivity index (χ2n) is 6.44. The lowest BCUT2D eigenvalue weighted by Gasteiger charge is -2.13. The maximum absolute atomic E-state index is 12.4. The summed E-state index contributed by atoms with van der Waals surface area (Å²) in [5.41, 5.74) is 8.32. The van der Waals surface area contributed by atoms with Crippen molar-refractivity contribution in [1.29, 1.82) is 0 Å². The quantitative estimate of drug-likeness (QED) is 0.753. The van der Waals surface area contributed by atoms with Crippen molar-refractivity contribution >= 4 is 21.4 Å². The zero-order valence-corrected chi connectivity index (χ0v) is 16.1. The third-order valence-electron chi connectivity index (χ3n) is 4.22. The van der Waals surface area contributed by atoms with Gasteiger partial charge in [-0.1, -0.05) is 37.5 Å². The standard InChI is InChI=1S/C17H24N4O4S/c1-5-11(3)15(18)16-20-21-17(25-16)26(23,24)9-14(22)19-13-8-10(2)6-7-12(13)4/h6-8,11,15H,5,9,18H2,1-4H3,(H,19,22). The minimum absolute atomic E-state index is 0.0489. The van der Waals surface area contributed by atoms with Crippen molar-refractivity contribution in [2.75, 3.05) is 11.1 Å². The predicted octanol–water partition coefficient (Wildman–Crippen LogP) is 2.14. The first-order chi connectivity index (χ1) is 12.1. The SMILES string of the molecule is CCC(C)C(N)c1nnc(S(=O)(=O)CC(=O)Nc2cc(C)ccc2C)o1. The van der Waals surface area contributed by atoms with Crippen LogP contribution in [0.1, 0.15) is 43.3 Å². The van der Waals surface area contributed by atoms with E-state index in [0.29, 0.717) is 5.69 Å². The van der Waals surface area contributed by atoms with Crippen LogP contribution in [0.4, 0.5) is 5.69 Å². The number of aryl methyl sites for hydroxylation is 2. The number of carbonyl (C=O) groups excluding carboxylic acids is 1. The van der Waals surface area contributed by atoms with Gasteiger partial charge in [0.1, 0.15) is 5.75 Å². The van der Waals surface area contributed by atoms with Gasteiger partial charge in [0.2, 0.25) is 21.6 Å². The first-order valence-corrected chi connectivity index (χ1v) is 9.98. The van der Waals surface area contributed by atoms with E-state index in [1.54, 1.807) is 6.07 Å². The highest BCUT2D eigenvalue weighted by molar-refractivity contribution is 7.91. The summed E-state index contributed by atoms with van der Waals surface area (Å²) in [5, 5.41) is 9.27. The fourth-order valence-electron chi connectivity index (χ4n) is 2.27. The van der Waals surface area contributed by atoms with Gasteiger partial charge in [-0.25, -0.2) is 8.42 Å². The molecule has 1 amide bonds. The molecule has 0 aliphatic carbocycles. The van der Waals surface area contributed by atoms with Crippen LogP contribution in [0.2, 0.25) is 0 Å². The maximum Gasteiger partial charge on any atom is 0.336 e. The fourth-order valence-corrected chi connectivity index (χ4v) is 3.19. The predicted molar refractivity (Wildman–Crippen MR) is 97.3 cm³/mol. The lowest BCUT2D eigenvalue weighted by atomic mass is 10.0. The summed E-state index contributed by atoms with van der Waals surface area (Å²) in [6.07, 6.45) is 0.782. The van der Waals surface area contributed by atoms with Crippen molar-refractivity contribution in [3.05, 3.63) is 35.2 Å². The van der Waals surface area contributed by atoms with Crippen molar-refractivity contribution in [2.24, 2.45) is 11.7 Å². The Morgan fingerprint density at radius 2 is 2.00 bits per heavy atom. The molecule has 0 radical (unpaired) electrons. The number of hydrogen-bond acceptors (Lipinski definition) is 7. The molecule has 2 aromatic rings. The van der Waals surface area contributed by atoms with E-state index in [4.69, 9.17) is 10.2 Å². The number of rotatable bonds is 7. The number of amides is 1. The summed E-state index contributed by atoms with van der Waals surface area (Å²) in [4.78, 5) is 12.2. The minimum atomic E-state index is -4.06. The number of nitrogens with zero attached hydrogens (tertiary/aromatic N) is 2. The average molecular weight is 380 g/mol. The molecule has 0 fully saturated rings. The molecular formula is C17H24N4O4S. The van der Waals surface area contributed by atoms with Crippen LogP contribution in [-0.2, 0) is 14.6 Å². The lowest BCUT2D eigenvalue weighted by Crippen LogP contribution is -2.23. The van der Waals surface area contributed by atoms with E-state index in [1.807, 2.05) is 39.8 Å². The number of aromatic nitrogens is 2. The maximum atomic E-state index is 12.4. The van der Waals surface area contributed by atoms with Crippen molar-refractivity contribution < 1.29 is 17.6 Å². The topological polar surface area (TPSA) is 128 Å². The van der Waals surface area contributed by atoms with Crippen LogP contribution < -0.4 is 11.1 Å². The molecule has 9 heteroatoms. The number of benzene rings is 1. The monoisotopic (exact) mass is 380 g/mol. The molecule has 8 nitrogen and oxygen atoms in total. The number of nitrogens with one attached hydrogen (secondary N) is 1. The molecule has 2 unspecified atom stereocenters. The van der Waals surface area contributed by atoms with Gasteiger partial charge in [-0.3, -0.25) is 4.79 Å². The normalized spacial score (nSPS) is 14.0. The molecule has 0 saturated heterocycles. The Balaban J connectivity index is 2.12. The highest BCUT2D eigenvalue weighted by Gasteiger charge is 2.28. The Kier molecular flexibility index (Phi) is 6.14. The van der Waals surface area contributed by atoms with Crippen LogP contribution in [0.25, 0.3) is 0 Å². The van der Waals surface area contributed by atoms with Crippen molar-refractivity contribution in [3.63, 3.8) is 0 Å². The van der Waals surface area contributed by atoms with Crippen molar-refractivity contribution in [3.8, 4) is 0 Å². The van der Waals surface area contributed by atoms with Gasteiger partial charge in [-0.15, -0.1) is 5.10 Å². The van der Waals surface area contributed by atoms with Gasteiger partial charge >= 0.3 is 5.22 Å². The Morgan fingerprint density at radius 1 is 1.31 bits per heavy atom. The summed E-state index contributed by atoms with van der Waals surface area (Å²) in [6.45, 7) is 7.56. The molecular weight excluding hydrogens is 356 g/mol. The van der Waals surface area contributed by atoms with Gasteiger partial charge < -0.3 is 15.5 Å². The molecule has 2 atom stereocenters. The van der Waals surface area contributed by atoms with E-state index in [9.17, 15) is 13.2 Å². The summed E-state index contributed by atoms with van der Waals surface area (Å²) in [6, 6.07) is 4.97. The van der Waals surface area contributed by atoms with Gasteiger partial charge in [-0.05, 0) is 37.0 Å². The first kappa shape index (κ1) is 20.1. The number of sulfone groups is 1. The second-order valence-corrected chi connectivity index (χ2v) is 8.31. The van der Waals surface area contributed by atoms with Crippen LogP contribution in [-0.4, -0.2) is 30.3 Å². The molecule has 0 aliphatic heterocycles. The number of hydrogen-bond donors (Lipinski definition) is 2. The van der Waals surface area contributed by atoms with E-state index < -0.39 is 32.8 Å². The Morgan fingerprint density at radius 3 is 2.65 bits per heavy atom. The highest BCUT2D eigenvalue weighted by atomic mass is 32.2. The van der Waals surface area contributed by atoms with E-state index in [2.05, 4.69) is 15.5 Å². The summed E-state index contributed by atoms with van der Waals surface area (Å²) in [7, 11) is -4.06. The van der Waals surface area contributed by atoms with Crippen LogP contribution in [0.3, 0.4) is 0 Å². The van der Waals surface area contributed by atoms with E-state index >= 15 is 0 Å². The summed E-state index contributed by atoms with van der Waals surface area (Å²) >= 11 is 0. The Bertz CT molecular complexity index is 892. The number of anilines is 1. The summed E-state index contributed by atoms with van der Waals surface area (Å²) in [5.74, 6) is -1.36. The van der Waals surface area contributed by atoms with Crippen molar-refractivity contribution in [1.82, 2.24) is 10.2 Å². The average Bonchev–Trinajstić information content (AvgIpc) is 3.07. The molecule has 1 heterocycles.